The van der Waals surface area contributed by atoms with Gasteiger partial charge in [-0.2, -0.15) is 0 Å². The summed E-state index contributed by atoms with van der Waals surface area (Å²) < 4.78 is 33.6. The predicted molar refractivity (Wildman–Crippen MR) is 134 cm³/mol. The fourth-order valence-corrected chi connectivity index (χ4v) is 5.57. The van der Waals surface area contributed by atoms with Gasteiger partial charge in [0.2, 0.25) is 0 Å². The van der Waals surface area contributed by atoms with Crippen LogP contribution in [0.2, 0.25) is 5.02 Å². The summed E-state index contributed by atoms with van der Waals surface area (Å²) in [7, 11) is -3.69. The number of nitrogens with zero attached hydrogens (tertiary/aromatic N) is 1. The lowest BCUT2D eigenvalue weighted by Gasteiger charge is -2.30. The van der Waals surface area contributed by atoms with Gasteiger partial charge in [-0.1, -0.05) is 29.8 Å². The van der Waals surface area contributed by atoms with E-state index in [1.807, 2.05) is 36.4 Å². The first-order valence-corrected chi connectivity index (χ1v) is 13.1. The number of sulfonamides is 1. The van der Waals surface area contributed by atoms with Gasteiger partial charge in [0.15, 0.2) is 0 Å². The van der Waals surface area contributed by atoms with Crippen LogP contribution in [0, 0.1) is 0 Å². The topological polar surface area (TPSA) is 75.7 Å². The third-order valence-corrected chi connectivity index (χ3v) is 7.79. The molecular formula is C26H27ClN2O4S. The summed E-state index contributed by atoms with van der Waals surface area (Å²) in [6.45, 7) is 1.50. The predicted octanol–water partition coefficient (Wildman–Crippen LogP) is 5.07. The van der Waals surface area contributed by atoms with Crippen LogP contribution in [-0.2, 0) is 16.4 Å². The standard InChI is InChI=1S/C26H27ClN2O4S/c27-22-11-13-23(14-12-22)33-19-4-3-17-28-26(30)21-9-15-24(16-10-21)34(31,32)29-18-5-7-20-6-1-2-8-25(20)29/h1-2,6,8-16H,3-5,7,17-19H2,(H,28,30). The zero-order valence-electron chi connectivity index (χ0n) is 18.7. The van der Waals surface area contributed by atoms with E-state index in [4.69, 9.17) is 16.3 Å². The fraction of sp³-hybridized carbons (Fsp3) is 0.269. The zero-order valence-corrected chi connectivity index (χ0v) is 20.3. The Balaban J connectivity index is 1.27. The van der Waals surface area contributed by atoms with Gasteiger partial charge < -0.3 is 10.1 Å². The van der Waals surface area contributed by atoms with Crippen LogP contribution in [0.15, 0.2) is 77.7 Å². The van der Waals surface area contributed by atoms with Crippen LogP contribution >= 0.6 is 11.6 Å². The Morgan fingerprint density at radius 1 is 0.971 bits per heavy atom. The van der Waals surface area contributed by atoms with Gasteiger partial charge in [0.25, 0.3) is 15.9 Å². The molecule has 1 aliphatic heterocycles. The lowest BCUT2D eigenvalue weighted by molar-refractivity contribution is 0.0952. The first kappa shape index (κ1) is 24.1. The average molecular weight is 499 g/mol. The van der Waals surface area contributed by atoms with Crippen molar-refractivity contribution in [1.82, 2.24) is 5.32 Å². The molecule has 0 atom stereocenters. The first-order valence-electron chi connectivity index (χ1n) is 11.3. The van der Waals surface area contributed by atoms with Gasteiger partial charge in [0, 0.05) is 23.7 Å². The molecule has 3 aromatic carbocycles. The summed E-state index contributed by atoms with van der Waals surface area (Å²) in [4.78, 5) is 12.6. The summed E-state index contributed by atoms with van der Waals surface area (Å²) >= 11 is 5.85. The van der Waals surface area contributed by atoms with Crippen molar-refractivity contribution >= 4 is 33.2 Å². The molecule has 1 amide bonds. The molecule has 1 heterocycles. The summed E-state index contributed by atoms with van der Waals surface area (Å²) in [5.41, 5.74) is 2.19. The number of anilines is 1. The number of carbonyl (C=O) groups excluding carboxylic acids is 1. The van der Waals surface area contributed by atoms with Crippen LogP contribution in [0.25, 0.3) is 0 Å². The average Bonchev–Trinajstić information content (AvgIpc) is 2.86. The number of para-hydroxylation sites is 1. The van der Waals surface area contributed by atoms with E-state index in [1.165, 1.54) is 16.4 Å². The minimum atomic E-state index is -3.69. The van der Waals surface area contributed by atoms with Crippen LogP contribution in [0.3, 0.4) is 0 Å². The van der Waals surface area contributed by atoms with Crippen molar-refractivity contribution < 1.29 is 17.9 Å². The quantitative estimate of drug-likeness (QED) is 0.418. The lowest BCUT2D eigenvalue weighted by atomic mass is 10.0. The van der Waals surface area contributed by atoms with E-state index < -0.39 is 10.0 Å². The van der Waals surface area contributed by atoms with E-state index in [2.05, 4.69) is 5.32 Å². The van der Waals surface area contributed by atoms with Crippen molar-refractivity contribution in [2.75, 3.05) is 24.0 Å². The summed E-state index contributed by atoms with van der Waals surface area (Å²) in [5, 5.41) is 3.53. The number of halogens is 1. The smallest absolute Gasteiger partial charge is 0.264 e. The zero-order chi connectivity index (χ0) is 24.0. The Kier molecular flexibility index (Phi) is 7.75. The van der Waals surface area contributed by atoms with E-state index >= 15 is 0 Å². The summed E-state index contributed by atoms with van der Waals surface area (Å²) in [6, 6.07) is 20.9. The minimum absolute atomic E-state index is 0.181. The van der Waals surface area contributed by atoms with Gasteiger partial charge in [-0.3, -0.25) is 9.10 Å². The molecule has 0 saturated heterocycles. The highest BCUT2D eigenvalue weighted by Crippen LogP contribution is 2.31. The molecule has 178 valence electrons. The van der Waals surface area contributed by atoms with Gasteiger partial charge in [-0.25, -0.2) is 8.42 Å². The summed E-state index contributed by atoms with van der Waals surface area (Å²) in [5.74, 6) is 0.530. The highest BCUT2D eigenvalue weighted by atomic mass is 35.5. The molecule has 1 N–H and O–H groups in total. The number of amides is 1. The van der Waals surface area contributed by atoms with E-state index in [0.29, 0.717) is 30.3 Å². The van der Waals surface area contributed by atoms with Gasteiger partial charge >= 0.3 is 0 Å². The maximum Gasteiger partial charge on any atom is 0.264 e. The van der Waals surface area contributed by atoms with Crippen molar-refractivity contribution in [2.45, 2.75) is 30.6 Å². The molecule has 1 aliphatic rings. The highest BCUT2D eigenvalue weighted by Gasteiger charge is 2.28. The third kappa shape index (κ3) is 5.72. The van der Waals surface area contributed by atoms with E-state index in [1.54, 1.807) is 24.3 Å². The molecule has 6 nitrogen and oxygen atoms in total. The molecule has 0 radical (unpaired) electrons. The number of ether oxygens (including phenoxy) is 1. The van der Waals surface area contributed by atoms with Crippen molar-refractivity contribution in [3.63, 3.8) is 0 Å². The molecular weight excluding hydrogens is 472 g/mol. The van der Waals surface area contributed by atoms with E-state index in [-0.39, 0.29) is 10.8 Å². The van der Waals surface area contributed by atoms with Crippen LogP contribution in [0.5, 0.6) is 5.75 Å². The Bertz CT molecular complexity index is 1230. The SMILES string of the molecule is O=C(NCCCCOc1ccc(Cl)cc1)c1ccc(S(=O)(=O)N2CCCc3ccccc32)cc1. The number of rotatable bonds is 9. The number of hydrogen-bond donors (Lipinski definition) is 1. The maximum absolute atomic E-state index is 13.2. The maximum atomic E-state index is 13.2. The van der Waals surface area contributed by atoms with Gasteiger partial charge in [0.05, 0.1) is 17.2 Å². The number of unbranched alkanes of at least 4 members (excludes halogenated alkanes) is 1. The van der Waals surface area contributed by atoms with Crippen LogP contribution in [0.4, 0.5) is 5.69 Å². The monoisotopic (exact) mass is 498 g/mol. The van der Waals surface area contributed by atoms with Crippen molar-refractivity contribution in [3.8, 4) is 5.75 Å². The van der Waals surface area contributed by atoms with E-state index in [0.717, 1.165) is 42.7 Å². The molecule has 0 aromatic heterocycles. The first-order chi connectivity index (χ1) is 16.4. The third-order valence-electron chi connectivity index (χ3n) is 5.71. The molecule has 0 spiro atoms. The Hall–Kier alpha value is -3.03. The number of hydrogen-bond acceptors (Lipinski definition) is 4. The molecule has 8 heteroatoms. The van der Waals surface area contributed by atoms with Gasteiger partial charge in [0.1, 0.15) is 5.75 Å². The molecule has 0 saturated carbocycles. The fourth-order valence-electron chi connectivity index (χ4n) is 3.91. The number of carbonyl (C=O) groups is 1. The molecule has 3 aromatic rings. The van der Waals surface area contributed by atoms with Crippen LogP contribution in [0.1, 0.15) is 35.2 Å². The van der Waals surface area contributed by atoms with Crippen molar-refractivity contribution in [2.24, 2.45) is 0 Å². The second kappa shape index (κ2) is 10.9. The molecule has 34 heavy (non-hydrogen) atoms. The Labute approximate surface area is 205 Å². The Morgan fingerprint density at radius 3 is 2.47 bits per heavy atom. The second-order valence-electron chi connectivity index (χ2n) is 8.10. The van der Waals surface area contributed by atoms with Crippen LogP contribution in [-0.4, -0.2) is 34.0 Å². The highest BCUT2D eigenvalue weighted by molar-refractivity contribution is 7.92. The Morgan fingerprint density at radius 2 is 1.71 bits per heavy atom. The number of aryl methyl sites for hydroxylation is 1. The van der Waals surface area contributed by atoms with Gasteiger partial charge in [-0.05, 0) is 85.8 Å². The van der Waals surface area contributed by atoms with E-state index in [9.17, 15) is 13.2 Å². The lowest BCUT2D eigenvalue weighted by Crippen LogP contribution is -2.35. The molecule has 0 bridgehead atoms. The number of nitrogens with one attached hydrogen (secondary N) is 1. The molecule has 0 aliphatic carbocycles. The molecule has 0 fully saturated rings. The van der Waals surface area contributed by atoms with Crippen molar-refractivity contribution in [1.29, 1.82) is 0 Å². The second-order valence-corrected chi connectivity index (χ2v) is 10.4. The summed E-state index contributed by atoms with van der Waals surface area (Å²) in [6.07, 6.45) is 3.20. The van der Waals surface area contributed by atoms with Gasteiger partial charge in [-0.15, -0.1) is 0 Å². The van der Waals surface area contributed by atoms with Crippen LogP contribution < -0.4 is 14.4 Å². The minimum Gasteiger partial charge on any atom is -0.494 e. The van der Waals surface area contributed by atoms with Crippen molar-refractivity contribution in [3.05, 3.63) is 88.9 Å². The number of fused-ring (bicyclic) bond motifs is 1. The molecule has 0 unspecified atom stereocenters. The normalized spacial score (nSPS) is 13.3. The largest absolute Gasteiger partial charge is 0.494 e. The molecule has 4 rings (SSSR count). The number of benzene rings is 3.